The van der Waals surface area contributed by atoms with Gasteiger partial charge >= 0.3 is 18.2 Å². The lowest BCUT2D eigenvalue weighted by Crippen LogP contribution is -2.43. The van der Waals surface area contributed by atoms with E-state index in [2.05, 4.69) is 5.32 Å². The van der Waals surface area contributed by atoms with E-state index in [1.165, 1.54) is 0 Å². The molecule has 0 bridgehead atoms. The summed E-state index contributed by atoms with van der Waals surface area (Å²) < 4.78 is 35.4. The van der Waals surface area contributed by atoms with Crippen LogP contribution in [0.25, 0.3) is 0 Å². The molecule has 1 unspecified atom stereocenters. The summed E-state index contributed by atoms with van der Waals surface area (Å²) in [5.74, 6) is -1.07. The monoisotopic (exact) mass is 270 g/mol. The van der Waals surface area contributed by atoms with Gasteiger partial charge in [0.25, 0.3) is 0 Å². The van der Waals surface area contributed by atoms with E-state index in [4.69, 9.17) is 5.11 Å². The first-order chi connectivity index (χ1) is 8.24. The third kappa shape index (κ3) is 9.73. The Morgan fingerprint density at radius 1 is 1.33 bits per heavy atom. The number of nitrogens with one attached hydrogen (secondary N) is 2. The maximum absolute atomic E-state index is 11.8. The number of alkyl halides is 3. The number of carbonyl (C=O) groups is 2. The number of carboxylic acids is 1. The van der Waals surface area contributed by atoms with Crippen molar-refractivity contribution in [2.24, 2.45) is 0 Å². The molecule has 0 aromatic carbocycles. The van der Waals surface area contributed by atoms with Gasteiger partial charge in [-0.15, -0.1) is 0 Å². The van der Waals surface area contributed by atoms with Crippen molar-refractivity contribution in [1.82, 2.24) is 10.6 Å². The summed E-state index contributed by atoms with van der Waals surface area (Å²) in [5, 5.41) is 13.0. The third-order valence-electron chi connectivity index (χ3n) is 2.09. The second kappa shape index (κ2) is 7.78. The van der Waals surface area contributed by atoms with Crippen LogP contribution in [0, 0.1) is 0 Å². The molecule has 1 atom stereocenters. The summed E-state index contributed by atoms with van der Waals surface area (Å²) in [5.41, 5.74) is 0. The van der Waals surface area contributed by atoms with Crippen molar-refractivity contribution in [3.63, 3.8) is 0 Å². The minimum absolute atomic E-state index is 0.249. The van der Waals surface area contributed by atoms with Crippen LogP contribution in [-0.2, 0) is 4.79 Å². The van der Waals surface area contributed by atoms with Crippen LogP contribution in [0.15, 0.2) is 0 Å². The summed E-state index contributed by atoms with van der Waals surface area (Å²) in [6.07, 6.45) is -4.56. The van der Waals surface area contributed by atoms with Crippen molar-refractivity contribution in [1.29, 1.82) is 0 Å². The zero-order valence-corrected chi connectivity index (χ0v) is 10.0. The van der Waals surface area contributed by atoms with Crippen molar-refractivity contribution in [3.8, 4) is 0 Å². The summed E-state index contributed by atoms with van der Waals surface area (Å²) >= 11 is 0. The quantitative estimate of drug-likeness (QED) is 0.661. The number of aliphatic carboxylic acids is 1. The summed E-state index contributed by atoms with van der Waals surface area (Å²) in [4.78, 5) is 21.7. The molecule has 0 aliphatic rings. The van der Waals surface area contributed by atoms with Gasteiger partial charge in [0.2, 0.25) is 0 Å². The average molecular weight is 270 g/mol. The molecule has 0 saturated carbocycles. The molecule has 8 heteroatoms. The maximum atomic E-state index is 11.8. The molecule has 5 nitrogen and oxygen atoms in total. The normalized spacial score (nSPS) is 12.9. The minimum atomic E-state index is -4.32. The minimum Gasteiger partial charge on any atom is -0.481 e. The number of hydrogen-bond donors (Lipinski definition) is 3. The summed E-state index contributed by atoms with van der Waals surface area (Å²) in [6, 6.07) is -1.35. The standard InChI is InChI=1S/C10H17F3N2O3/c1-2-3-7(6-8(16)17)15-9(18)14-5-4-10(11,12)13/h7H,2-6H2,1H3,(H,16,17)(H2,14,15,18). The number of urea groups is 1. The fourth-order valence-corrected chi connectivity index (χ4v) is 1.34. The van der Waals surface area contributed by atoms with Gasteiger partial charge < -0.3 is 15.7 Å². The highest BCUT2D eigenvalue weighted by Gasteiger charge is 2.26. The number of hydrogen-bond acceptors (Lipinski definition) is 2. The van der Waals surface area contributed by atoms with Crippen LogP contribution in [0.5, 0.6) is 0 Å². The molecule has 0 rings (SSSR count). The lowest BCUT2D eigenvalue weighted by molar-refractivity contribution is -0.137. The highest BCUT2D eigenvalue weighted by molar-refractivity contribution is 5.75. The fraction of sp³-hybridized carbons (Fsp3) is 0.800. The SMILES string of the molecule is CCCC(CC(=O)O)NC(=O)NCCC(F)(F)F. The number of rotatable bonds is 7. The highest BCUT2D eigenvalue weighted by Crippen LogP contribution is 2.18. The van der Waals surface area contributed by atoms with Crippen molar-refractivity contribution >= 4 is 12.0 Å². The van der Waals surface area contributed by atoms with E-state index in [0.29, 0.717) is 12.8 Å². The molecule has 0 aromatic rings. The Labute approximate surface area is 103 Å². The smallest absolute Gasteiger partial charge is 0.390 e. The van der Waals surface area contributed by atoms with Gasteiger partial charge in [-0.25, -0.2) is 4.79 Å². The van der Waals surface area contributed by atoms with Crippen LogP contribution >= 0.6 is 0 Å². The van der Waals surface area contributed by atoms with Crippen LogP contribution in [-0.4, -0.2) is 35.9 Å². The van der Waals surface area contributed by atoms with Gasteiger partial charge in [-0.2, -0.15) is 13.2 Å². The Kier molecular flexibility index (Phi) is 7.14. The van der Waals surface area contributed by atoms with Gasteiger partial charge in [-0.1, -0.05) is 13.3 Å². The third-order valence-corrected chi connectivity index (χ3v) is 2.09. The van der Waals surface area contributed by atoms with Crippen LogP contribution in [0.1, 0.15) is 32.6 Å². The molecule has 0 spiro atoms. The van der Waals surface area contributed by atoms with Crippen LogP contribution in [0.4, 0.5) is 18.0 Å². The molecular weight excluding hydrogens is 253 g/mol. The van der Waals surface area contributed by atoms with Gasteiger partial charge in [0, 0.05) is 12.6 Å². The molecule has 0 aliphatic heterocycles. The van der Waals surface area contributed by atoms with Crippen LogP contribution < -0.4 is 10.6 Å². The molecule has 3 N–H and O–H groups in total. The van der Waals surface area contributed by atoms with Gasteiger partial charge in [0.1, 0.15) is 0 Å². The van der Waals surface area contributed by atoms with E-state index in [-0.39, 0.29) is 6.42 Å². The van der Waals surface area contributed by atoms with E-state index in [0.717, 1.165) is 0 Å². The molecule has 18 heavy (non-hydrogen) atoms. The predicted octanol–water partition coefficient (Wildman–Crippen LogP) is 1.88. The highest BCUT2D eigenvalue weighted by atomic mass is 19.4. The van der Waals surface area contributed by atoms with Crippen LogP contribution in [0.2, 0.25) is 0 Å². The van der Waals surface area contributed by atoms with Crippen molar-refractivity contribution < 1.29 is 27.9 Å². The Bertz CT molecular complexity index is 282. The molecule has 0 aromatic heterocycles. The topological polar surface area (TPSA) is 78.4 Å². The Morgan fingerprint density at radius 2 is 1.94 bits per heavy atom. The zero-order chi connectivity index (χ0) is 14.2. The number of carbonyl (C=O) groups excluding carboxylic acids is 1. The molecule has 0 fully saturated rings. The molecule has 0 heterocycles. The zero-order valence-electron chi connectivity index (χ0n) is 10.0. The van der Waals surface area contributed by atoms with Crippen molar-refractivity contribution in [3.05, 3.63) is 0 Å². The van der Waals surface area contributed by atoms with E-state index >= 15 is 0 Å². The van der Waals surface area contributed by atoms with Gasteiger partial charge in [0.05, 0.1) is 12.8 Å². The second-order valence-electron chi connectivity index (χ2n) is 3.85. The Morgan fingerprint density at radius 3 is 2.39 bits per heavy atom. The number of halogens is 3. The van der Waals surface area contributed by atoms with Crippen molar-refractivity contribution in [2.45, 2.75) is 44.8 Å². The summed E-state index contributed by atoms with van der Waals surface area (Å²) in [7, 11) is 0. The van der Waals surface area contributed by atoms with Gasteiger partial charge in [-0.05, 0) is 6.42 Å². The first-order valence-corrected chi connectivity index (χ1v) is 5.57. The molecule has 0 radical (unpaired) electrons. The molecule has 0 aliphatic carbocycles. The van der Waals surface area contributed by atoms with Crippen LogP contribution in [0.3, 0.4) is 0 Å². The van der Waals surface area contributed by atoms with Crippen molar-refractivity contribution in [2.75, 3.05) is 6.54 Å². The molecule has 2 amide bonds. The average Bonchev–Trinajstić information content (AvgIpc) is 2.14. The molecular formula is C10H17F3N2O3. The second-order valence-corrected chi connectivity index (χ2v) is 3.85. The van der Waals surface area contributed by atoms with E-state index in [1.807, 2.05) is 12.2 Å². The summed E-state index contributed by atoms with van der Waals surface area (Å²) in [6.45, 7) is 1.29. The lowest BCUT2D eigenvalue weighted by Gasteiger charge is -2.16. The number of carboxylic acid groups (broad SMARTS) is 1. The predicted molar refractivity (Wildman–Crippen MR) is 58.2 cm³/mol. The fourth-order valence-electron chi connectivity index (χ4n) is 1.34. The Balaban J connectivity index is 3.98. The number of amides is 2. The van der Waals surface area contributed by atoms with E-state index in [9.17, 15) is 22.8 Å². The first-order valence-electron chi connectivity index (χ1n) is 5.57. The first kappa shape index (κ1) is 16.5. The van der Waals surface area contributed by atoms with E-state index < -0.39 is 37.2 Å². The van der Waals surface area contributed by atoms with Gasteiger partial charge in [0.15, 0.2) is 0 Å². The Hall–Kier alpha value is -1.47. The molecule has 0 saturated heterocycles. The van der Waals surface area contributed by atoms with Gasteiger partial charge in [-0.3, -0.25) is 4.79 Å². The molecule has 106 valence electrons. The maximum Gasteiger partial charge on any atom is 0.390 e. The van der Waals surface area contributed by atoms with E-state index in [1.54, 1.807) is 0 Å². The largest absolute Gasteiger partial charge is 0.481 e. The lowest BCUT2D eigenvalue weighted by atomic mass is 10.1.